The van der Waals surface area contributed by atoms with E-state index in [0.29, 0.717) is 19.4 Å². The fourth-order valence-electron chi connectivity index (χ4n) is 9.17. The Labute approximate surface area is 299 Å². The Bertz CT molecular complexity index is 1750. The smallest absolute Gasteiger partial charge is 0.315 e. The van der Waals surface area contributed by atoms with Crippen LogP contribution in [0.2, 0.25) is 10.1 Å². The van der Waals surface area contributed by atoms with E-state index in [9.17, 15) is 9.59 Å². The first-order valence-electron chi connectivity index (χ1n) is 17.8. The largest absolute Gasteiger partial charge is 0.456 e. The molecule has 0 radical (unpaired) electrons. The molecule has 2 heterocycles. The topological polar surface area (TPSA) is 74.2 Å². The molecule has 2 aliphatic heterocycles. The van der Waals surface area contributed by atoms with Crippen LogP contribution in [0, 0.1) is 5.41 Å². The van der Waals surface area contributed by atoms with Gasteiger partial charge in [0.2, 0.25) is 0 Å². The van der Waals surface area contributed by atoms with Crippen molar-refractivity contribution in [1.82, 2.24) is 0 Å². The highest BCUT2D eigenvalue weighted by molar-refractivity contribution is 7.00. The number of carbonyl (C=O) groups is 1. The third-order valence-electron chi connectivity index (χ3n) is 11.6. The Morgan fingerprint density at radius 3 is 1.58 bits per heavy atom. The van der Waals surface area contributed by atoms with Gasteiger partial charge in [-0.3, -0.25) is 4.79 Å². The summed E-state index contributed by atoms with van der Waals surface area (Å²) in [5.74, 6) is -1.10. The van der Waals surface area contributed by atoms with Crippen molar-refractivity contribution in [1.29, 1.82) is 0 Å². The van der Waals surface area contributed by atoms with Crippen LogP contribution in [0.5, 0.6) is 0 Å². The number of fused-ring (bicyclic) bond motifs is 1. The maximum Gasteiger partial charge on any atom is 0.315 e. The molecule has 0 unspecified atom stereocenters. The van der Waals surface area contributed by atoms with Crippen molar-refractivity contribution < 1.29 is 28.2 Å². The molecule has 4 aromatic rings. The summed E-state index contributed by atoms with van der Waals surface area (Å²) in [6.07, 6.45) is -0.320. The zero-order chi connectivity index (χ0) is 35.6. The molecule has 1 aliphatic carbocycles. The van der Waals surface area contributed by atoms with E-state index in [0.717, 1.165) is 20.7 Å². The number of hydrogen-bond donors (Lipinski definition) is 1. The molecule has 4 aromatic carbocycles. The molecule has 3 aliphatic rings. The quantitative estimate of drug-likeness (QED) is 0.169. The van der Waals surface area contributed by atoms with Crippen LogP contribution in [-0.2, 0) is 23.4 Å². The normalized spacial score (nSPS) is 26.4. The van der Waals surface area contributed by atoms with Crippen molar-refractivity contribution in [3.05, 3.63) is 121 Å². The first kappa shape index (κ1) is 35.0. The predicted octanol–water partition coefficient (Wildman–Crippen LogP) is 5.69. The van der Waals surface area contributed by atoms with E-state index in [1.807, 2.05) is 86.6 Å². The summed E-state index contributed by atoms with van der Waals surface area (Å²) in [5.41, 5.74) is -2.02. The molecular weight excluding hydrogens is 657 g/mol. The second-order valence-electron chi connectivity index (χ2n) is 16.6. The van der Waals surface area contributed by atoms with E-state index in [2.05, 4.69) is 83.1 Å². The van der Waals surface area contributed by atoms with Crippen LogP contribution < -0.4 is 20.7 Å². The average Bonchev–Trinajstić information content (AvgIpc) is 3.49. The van der Waals surface area contributed by atoms with E-state index in [1.165, 1.54) is 0 Å². The number of cyclic esters (lactones) is 1. The van der Waals surface area contributed by atoms with Crippen molar-refractivity contribution in [3.8, 4) is 0 Å². The first-order valence-corrected chi connectivity index (χ1v) is 21.7. The summed E-state index contributed by atoms with van der Waals surface area (Å²) in [7, 11) is -6.67. The molecule has 0 amide bonds. The van der Waals surface area contributed by atoms with Gasteiger partial charge in [0.25, 0.3) is 16.6 Å². The maximum absolute atomic E-state index is 14.7. The predicted molar refractivity (Wildman–Crippen MR) is 202 cm³/mol. The lowest BCUT2D eigenvalue weighted by Crippen LogP contribution is -2.70. The molecule has 0 bridgehead atoms. The van der Waals surface area contributed by atoms with Crippen molar-refractivity contribution in [2.24, 2.45) is 5.41 Å². The number of benzene rings is 4. The lowest BCUT2D eigenvalue weighted by molar-refractivity contribution is -0.172. The summed E-state index contributed by atoms with van der Waals surface area (Å²) in [5, 5.41) is 3.03. The summed E-state index contributed by atoms with van der Waals surface area (Å²) >= 11 is 0. The van der Waals surface area contributed by atoms with Gasteiger partial charge in [0.1, 0.15) is 17.1 Å². The first-order chi connectivity index (χ1) is 23.6. The van der Waals surface area contributed by atoms with Crippen LogP contribution in [0.4, 0.5) is 0 Å². The Morgan fingerprint density at radius 1 is 0.740 bits per heavy atom. The van der Waals surface area contributed by atoms with Gasteiger partial charge in [0, 0.05) is 0 Å². The maximum atomic E-state index is 14.7. The fraction of sp³-hybridized carbons (Fsp3) is 0.405. The zero-order valence-electron chi connectivity index (χ0n) is 30.3. The molecule has 7 rings (SSSR count). The third-order valence-corrected chi connectivity index (χ3v) is 21.1. The zero-order valence-corrected chi connectivity index (χ0v) is 32.3. The van der Waals surface area contributed by atoms with E-state index in [4.69, 9.17) is 18.6 Å². The van der Waals surface area contributed by atoms with Gasteiger partial charge in [0.05, 0.1) is 6.61 Å². The monoisotopic (exact) mass is 706 g/mol. The summed E-state index contributed by atoms with van der Waals surface area (Å²) in [6.45, 7) is 15.1. The van der Waals surface area contributed by atoms with Gasteiger partial charge >= 0.3 is 5.97 Å². The van der Waals surface area contributed by atoms with Gasteiger partial charge in [-0.1, -0.05) is 156 Å². The number of esters is 1. The van der Waals surface area contributed by atoms with Crippen molar-refractivity contribution >= 4 is 43.4 Å². The van der Waals surface area contributed by atoms with Gasteiger partial charge in [-0.15, -0.1) is 0 Å². The van der Waals surface area contributed by atoms with Crippen molar-refractivity contribution in [3.63, 3.8) is 0 Å². The number of rotatable bonds is 10. The van der Waals surface area contributed by atoms with Gasteiger partial charge in [-0.25, -0.2) is 0 Å². The molecule has 2 saturated heterocycles. The number of hydrogen-bond acceptors (Lipinski definition) is 6. The minimum atomic E-state index is -3.49. The number of carbonyl (C=O) groups excluding carboxylic acids is 1. The number of ether oxygens (including phenoxy) is 3. The van der Waals surface area contributed by atoms with Crippen LogP contribution in [0.3, 0.4) is 0 Å². The molecule has 0 spiro atoms. The SMILES string of the molecule is CC1(C)OC[C@@H]([C@H]2OC(=O)[C@]3(CC(C)(C)[Si](O)(c4ccccc4)c4ccccc4)C[C@]23O[Si](c2ccccc2)(c2ccccc2)C(C)(C)C)O1. The molecule has 0 aromatic heterocycles. The van der Waals surface area contributed by atoms with Gasteiger partial charge in [-0.05, 0) is 57.5 Å². The van der Waals surface area contributed by atoms with Crippen LogP contribution in [0.1, 0.15) is 61.3 Å². The third kappa shape index (κ3) is 5.30. The summed E-state index contributed by atoms with van der Waals surface area (Å²) < 4.78 is 27.1. The molecule has 6 nitrogen and oxygen atoms in total. The van der Waals surface area contributed by atoms with Gasteiger partial charge in [0.15, 0.2) is 11.9 Å². The van der Waals surface area contributed by atoms with Crippen molar-refractivity contribution in [2.45, 2.75) is 95.0 Å². The molecule has 1 N–H and O–H groups in total. The molecule has 4 atom stereocenters. The summed E-state index contributed by atoms with van der Waals surface area (Å²) in [4.78, 5) is 27.9. The van der Waals surface area contributed by atoms with E-state index in [1.54, 1.807) is 0 Å². The Hall–Kier alpha value is -3.38. The fourth-order valence-corrected chi connectivity index (χ4v) is 17.8. The van der Waals surface area contributed by atoms with Gasteiger partial charge in [-0.2, -0.15) is 0 Å². The van der Waals surface area contributed by atoms with Crippen molar-refractivity contribution in [2.75, 3.05) is 6.61 Å². The highest BCUT2D eigenvalue weighted by Gasteiger charge is 2.86. The Balaban J connectivity index is 1.41. The van der Waals surface area contributed by atoms with E-state index in [-0.39, 0.29) is 11.0 Å². The van der Waals surface area contributed by atoms with Crippen LogP contribution >= 0.6 is 0 Å². The van der Waals surface area contributed by atoms with Crippen LogP contribution in [-0.4, -0.2) is 57.6 Å². The Morgan fingerprint density at radius 2 is 1.18 bits per heavy atom. The standard InChI is InChI=1S/C42H50O6Si2/c1-38(2,3)50(33-24-16-10-17-25-33,34-26-18-11-19-27-34)48-42-30-41(42,37(43)46-36(42)35-28-45-40(6,7)47-35)29-39(4,5)49(44,31-20-12-8-13-21-31)32-22-14-9-15-23-32/h8-27,35-36,44H,28-30H2,1-7H3/t35-,36+,41-,42-/m0/s1. The van der Waals surface area contributed by atoms with Crippen LogP contribution in [0.15, 0.2) is 121 Å². The van der Waals surface area contributed by atoms with E-state index >= 15 is 0 Å². The average molecular weight is 707 g/mol. The molecule has 262 valence electrons. The molecular formula is C42H50O6Si2. The Kier molecular flexibility index (Phi) is 8.49. The highest BCUT2D eigenvalue weighted by Crippen LogP contribution is 2.73. The second-order valence-corrected chi connectivity index (χ2v) is 24.8. The molecule has 1 saturated carbocycles. The molecule has 50 heavy (non-hydrogen) atoms. The highest BCUT2D eigenvalue weighted by atomic mass is 28.4. The van der Waals surface area contributed by atoms with E-state index < -0.39 is 50.7 Å². The summed E-state index contributed by atoms with van der Waals surface area (Å²) in [6, 6.07) is 41.1. The molecule has 8 heteroatoms. The minimum Gasteiger partial charge on any atom is -0.456 e. The van der Waals surface area contributed by atoms with Crippen LogP contribution in [0.25, 0.3) is 0 Å². The molecule has 3 fully saturated rings. The lowest BCUT2D eigenvalue weighted by Gasteiger charge is -2.47. The minimum absolute atomic E-state index is 0.278. The van der Waals surface area contributed by atoms with Gasteiger partial charge < -0.3 is 23.4 Å². The lowest BCUT2D eigenvalue weighted by atomic mass is 9.89. The second kappa shape index (κ2) is 12.1.